The largest absolute Gasteiger partial charge is 0.352 e. The SMILES string of the molecule is CCC(=O)N1CCN(c2ncnc3cc(-c4c(C)ccc5[nH]ncc45)c(Cl)cc23)CC1. The van der Waals surface area contributed by atoms with Crippen molar-refractivity contribution < 1.29 is 4.79 Å². The van der Waals surface area contributed by atoms with Gasteiger partial charge in [-0.1, -0.05) is 24.6 Å². The van der Waals surface area contributed by atoms with Crippen LogP contribution in [0.25, 0.3) is 32.9 Å². The number of aromatic nitrogens is 4. The van der Waals surface area contributed by atoms with Gasteiger partial charge in [-0.05, 0) is 36.2 Å². The van der Waals surface area contributed by atoms with E-state index in [0.717, 1.165) is 57.4 Å². The van der Waals surface area contributed by atoms with Crippen LogP contribution < -0.4 is 4.90 Å². The number of aromatic amines is 1. The Morgan fingerprint density at radius 2 is 1.94 bits per heavy atom. The van der Waals surface area contributed by atoms with E-state index in [1.807, 2.05) is 36.2 Å². The number of amides is 1. The van der Waals surface area contributed by atoms with Crippen LogP contribution in [0.2, 0.25) is 5.02 Å². The second-order valence-corrected chi connectivity index (χ2v) is 8.26. The molecule has 0 atom stereocenters. The zero-order valence-electron chi connectivity index (χ0n) is 17.5. The van der Waals surface area contributed by atoms with Crippen molar-refractivity contribution in [1.29, 1.82) is 0 Å². The van der Waals surface area contributed by atoms with Gasteiger partial charge in [-0.15, -0.1) is 0 Å². The first kappa shape index (κ1) is 19.8. The van der Waals surface area contributed by atoms with Crippen molar-refractivity contribution in [3.8, 4) is 11.1 Å². The molecule has 1 aliphatic heterocycles. The molecule has 7 nitrogen and oxygen atoms in total. The van der Waals surface area contributed by atoms with Gasteiger partial charge in [0, 0.05) is 54.0 Å². The number of H-pyrrole nitrogens is 1. The fourth-order valence-electron chi connectivity index (χ4n) is 4.38. The van der Waals surface area contributed by atoms with Crippen LogP contribution in [0.4, 0.5) is 5.82 Å². The molecule has 1 amide bonds. The molecule has 0 aliphatic carbocycles. The smallest absolute Gasteiger partial charge is 0.222 e. The fraction of sp³-hybridized carbons (Fsp3) is 0.304. The van der Waals surface area contributed by atoms with Crippen LogP contribution in [0, 0.1) is 6.92 Å². The average molecular weight is 435 g/mol. The minimum atomic E-state index is 0.198. The number of aryl methyl sites for hydroxylation is 1. The second kappa shape index (κ2) is 7.81. The van der Waals surface area contributed by atoms with E-state index in [1.165, 1.54) is 0 Å². The number of anilines is 1. The molecule has 0 saturated carbocycles. The first-order chi connectivity index (χ1) is 15.1. The van der Waals surface area contributed by atoms with E-state index in [1.54, 1.807) is 6.33 Å². The van der Waals surface area contributed by atoms with E-state index in [9.17, 15) is 4.79 Å². The number of benzene rings is 2. The maximum Gasteiger partial charge on any atom is 0.222 e. The third kappa shape index (κ3) is 3.39. The number of hydrogen-bond donors (Lipinski definition) is 1. The van der Waals surface area contributed by atoms with Gasteiger partial charge in [-0.3, -0.25) is 9.89 Å². The highest BCUT2D eigenvalue weighted by Crippen LogP contribution is 2.39. The molecule has 0 spiro atoms. The Bertz CT molecular complexity index is 1290. The Labute approximate surface area is 185 Å². The number of carbonyl (C=O) groups is 1. The Kier molecular flexibility index (Phi) is 4.98. The normalized spacial score (nSPS) is 14.5. The predicted molar refractivity (Wildman–Crippen MR) is 123 cm³/mol. The molecule has 2 aromatic carbocycles. The molecule has 1 N–H and O–H groups in total. The molecule has 8 heteroatoms. The second-order valence-electron chi connectivity index (χ2n) is 7.86. The van der Waals surface area contributed by atoms with Crippen LogP contribution in [-0.4, -0.2) is 57.2 Å². The van der Waals surface area contributed by atoms with E-state index in [0.29, 0.717) is 24.5 Å². The molecule has 158 valence electrons. The lowest BCUT2D eigenvalue weighted by molar-refractivity contribution is -0.131. The number of carbonyl (C=O) groups excluding carboxylic acids is 1. The summed E-state index contributed by atoms with van der Waals surface area (Å²) in [6.45, 7) is 6.86. The van der Waals surface area contributed by atoms with Crippen molar-refractivity contribution >= 4 is 45.1 Å². The average Bonchev–Trinajstić information content (AvgIpc) is 3.27. The fourth-order valence-corrected chi connectivity index (χ4v) is 4.64. The maximum atomic E-state index is 12.0. The molecule has 0 bridgehead atoms. The minimum absolute atomic E-state index is 0.198. The van der Waals surface area contributed by atoms with Crippen LogP contribution >= 0.6 is 11.6 Å². The van der Waals surface area contributed by atoms with E-state index in [-0.39, 0.29) is 5.91 Å². The van der Waals surface area contributed by atoms with Crippen molar-refractivity contribution in [3.63, 3.8) is 0 Å². The molecule has 0 radical (unpaired) electrons. The van der Waals surface area contributed by atoms with Crippen LogP contribution in [0.1, 0.15) is 18.9 Å². The number of piperazine rings is 1. The third-order valence-electron chi connectivity index (χ3n) is 6.04. The number of fused-ring (bicyclic) bond motifs is 2. The summed E-state index contributed by atoms with van der Waals surface area (Å²) in [5, 5.41) is 9.83. The standard InChI is InChI=1S/C23H23ClN6O/c1-3-21(31)29-6-8-30(9-7-29)23-16-10-18(24)15(11-20(16)25-13-26-23)22-14(2)4-5-19-17(22)12-27-28-19/h4-5,10-13H,3,6-9H2,1-2H3,(H,27,28). The van der Waals surface area contributed by atoms with Gasteiger partial charge in [-0.2, -0.15) is 5.10 Å². The predicted octanol–water partition coefficient (Wildman–Crippen LogP) is 4.19. The minimum Gasteiger partial charge on any atom is -0.352 e. The first-order valence-corrected chi connectivity index (χ1v) is 10.8. The molecular weight excluding hydrogens is 412 g/mol. The van der Waals surface area contributed by atoms with Gasteiger partial charge in [0.1, 0.15) is 12.1 Å². The van der Waals surface area contributed by atoms with Gasteiger partial charge in [0.15, 0.2) is 0 Å². The molecule has 2 aromatic heterocycles. The quantitative estimate of drug-likeness (QED) is 0.523. The number of rotatable bonds is 3. The molecule has 5 rings (SSSR count). The van der Waals surface area contributed by atoms with Crippen molar-refractivity contribution in [2.75, 3.05) is 31.1 Å². The summed E-state index contributed by atoms with van der Waals surface area (Å²) in [7, 11) is 0. The number of hydrogen-bond acceptors (Lipinski definition) is 5. The Morgan fingerprint density at radius 1 is 1.13 bits per heavy atom. The summed E-state index contributed by atoms with van der Waals surface area (Å²) in [5.41, 5.74) is 4.93. The summed E-state index contributed by atoms with van der Waals surface area (Å²) in [6.07, 6.45) is 3.97. The molecule has 1 saturated heterocycles. The lowest BCUT2D eigenvalue weighted by atomic mass is 9.96. The van der Waals surface area contributed by atoms with Crippen LogP contribution in [0.5, 0.6) is 0 Å². The highest BCUT2D eigenvalue weighted by atomic mass is 35.5. The van der Waals surface area contributed by atoms with E-state index in [4.69, 9.17) is 11.6 Å². The van der Waals surface area contributed by atoms with Crippen LogP contribution in [-0.2, 0) is 4.79 Å². The lowest BCUT2D eigenvalue weighted by Gasteiger charge is -2.35. The van der Waals surface area contributed by atoms with Gasteiger partial charge in [0.2, 0.25) is 5.91 Å². The number of nitrogens with zero attached hydrogens (tertiary/aromatic N) is 5. The van der Waals surface area contributed by atoms with Gasteiger partial charge >= 0.3 is 0 Å². The molecular formula is C23H23ClN6O. The Morgan fingerprint density at radius 3 is 2.71 bits per heavy atom. The van der Waals surface area contributed by atoms with E-state index in [2.05, 4.69) is 38.1 Å². The number of halogens is 1. The lowest BCUT2D eigenvalue weighted by Crippen LogP contribution is -2.48. The van der Waals surface area contributed by atoms with Crippen LogP contribution in [0.3, 0.4) is 0 Å². The van der Waals surface area contributed by atoms with E-state index < -0.39 is 0 Å². The van der Waals surface area contributed by atoms with Crippen LogP contribution in [0.15, 0.2) is 36.8 Å². The van der Waals surface area contributed by atoms with Gasteiger partial charge in [0.05, 0.1) is 17.2 Å². The Hall–Kier alpha value is -3.19. The maximum absolute atomic E-state index is 12.0. The summed E-state index contributed by atoms with van der Waals surface area (Å²) >= 11 is 6.81. The van der Waals surface area contributed by atoms with E-state index >= 15 is 0 Å². The van der Waals surface area contributed by atoms with Gasteiger partial charge in [-0.25, -0.2) is 9.97 Å². The summed E-state index contributed by atoms with van der Waals surface area (Å²) in [6, 6.07) is 8.09. The molecule has 0 unspecified atom stereocenters. The van der Waals surface area contributed by atoms with Crippen molar-refractivity contribution in [3.05, 3.63) is 47.4 Å². The highest BCUT2D eigenvalue weighted by Gasteiger charge is 2.23. The zero-order valence-corrected chi connectivity index (χ0v) is 18.3. The molecule has 1 aliphatic rings. The molecule has 4 aromatic rings. The highest BCUT2D eigenvalue weighted by molar-refractivity contribution is 6.35. The summed E-state index contributed by atoms with van der Waals surface area (Å²) in [5.74, 6) is 1.06. The third-order valence-corrected chi connectivity index (χ3v) is 6.35. The van der Waals surface area contributed by atoms with Gasteiger partial charge < -0.3 is 9.80 Å². The van der Waals surface area contributed by atoms with Crippen molar-refractivity contribution in [2.45, 2.75) is 20.3 Å². The molecule has 1 fully saturated rings. The van der Waals surface area contributed by atoms with Crippen molar-refractivity contribution in [2.24, 2.45) is 0 Å². The molecule has 31 heavy (non-hydrogen) atoms. The van der Waals surface area contributed by atoms with Crippen molar-refractivity contribution in [1.82, 2.24) is 25.1 Å². The zero-order chi connectivity index (χ0) is 21.5. The monoisotopic (exact) mass is 434 g/mol. The summed E-state index contributed by atoms with van der Waals surface area (Å²) in [4.78, 5) is 25.2. The summed E-state index contributed by atoms with van der Waals surface area (Å²) < 4.78 is 0. The number of nitrogens with one attached hydrogen (secondary N) is 1. The molecule has 3 heterocycles. The van der Waals surface area contributed by atoms with Gasteiger partial charge in [0.25, 0.3) is 0 Å². The first-order valence-electron chi connectivity index (χ1n) is 10.5. The Balaban J connectivity index is 1.56. The topological polar surface area (TPSA) is 78.0 Å².